The summed E-state index contributed by atoms with van der Waals surface area (Å²) in [6.07, 6.45) is -4.92. The molecule has 4 nitrogen and oxygen atoms in total. The number of anilines is 1. The highest BCUT2D eigenvalue weighted by Crippen LogP contribution is 2.32. The molecule has 0 aliphatic rings. The van der Waals surface area contributed by atoms with E-state index in [0.29, 0.717) is 23.5 Å². The van der Waals surface area contributed by atoms with Crippen molar-refractivity contribution < 1.29 is 22.4 Å². The van der Waals surface area contributed by atoms with Crippen molar-refractivity contribution in [3.63, 3.8) is 0 Å². The normalized spacial score (nSPS) is 11.4. The fraction of sp³-hybridized carbons (Fsp3) is 0.0435. The van der Waals surface area contributed by atoms with E-state index in [1.165, 1.54) is 4.68 Å². The molecule has 1 N–H and O–H groups in total. The van der Waals surface area contributed by atoms with Crippen molar-refractivity contribution in [3.8, 4) is 16.9 Å². The highest BCUT2D eigenvalue weighted by molar-refractivity contribution is 9.10. The molecule has 1 heterocycles. The summed E-state index contributed by atoms with van der Waals surface area (Å²) in [6.45, 7) is 0. The molecular weight excluding hydrogens is 490 g/mol. The molecule has 0 aliphatic carbocycles. The Kier molecular flexibility index (Phi) is 5.84. The Morgan fingerprint density at radius 1 is 0.938 bits per heavy atom. The van der Waals surface area contributed by atoms with Crippen LogP contribution in [0.4, 0.5) is 23.4 Å². The summed E-state index contributed by atoms with van der Waals surface area (Å²) >= 11 is 3.36. The zero-order valence-electron chi connectivity index (χ0n) is 16.2. The molecule has 0 aliphatic heterocycles. The van der Waals surface area contributed by atoms with Crippen molar-refractivity contribution in [2.24, 2.45) is 0 Å². The third-order valence-electron chi connectivity index (χ3n) is 4.63. The summed E-state index contributed by atoms with van der Waals surface area (Å²) in [7, 11) is 0. The predicted octanol–water partition coefficient (Wildman–Crippen LogP) is 6.71. The lowest BCUT2D eigenvalue weighted by atomic mass is 10.1. The van der Waals surface area contributed by atoms with Crippen LogP contribution in [0.3, 0.4) is 0 Å². The first-order valence-electron chi connectivity index (χ1n) is 9.32. The van der Waals surface area contributed by atoms with E-state index in [-0.39, 0.29) is 11.4 Å². The Labute approximate surface area is 188 Å². The summed E-state index contributed by atoms with van der Waals surface area (Å²) in [5.74, 6) is -2.03. The van der Waals surface area contributed by atoms with E-state index in [0.717, 1.165) is 16.1 Å². The van der Waals surface area contributed by atoms with Crippen molar-refractivity contribution in [2.45, 2.75) is 6.18 Å². The quantitative estimate of drug-likeness (QED) is 0.314. The van der Waals surface area contributed by atoms with Crippen LogP contribution in [0.25, 0.3) is 16.9 Å². The SMILES string of the molecule is O=C(Nc1cc(-c2ccccc2)nn1-c1ccc(Br)cc1)c1ccc(F)c(C(F)(F)F)c1. The molecule has 9 heteroatoms. The molecule has 0 spiro atoms. The monoisotopic (exact) mass is 503 g/mol. The standard InChI is InChI=1S/C23H14BrF4N3O/c24-16-7-9-17(10-8-16)31-21(13-20(30-31)14-4-2-1-3-5-14)29-22(32)15-6-11-19(25)18(12-15)23(26,27)28/h1-13H,(H,29,32). The second kappa shape index (κ2) is 8.58. The first-order valence-corrected chi connectivity index (χ1v) is 10.1. The number of amides is 1. The van der Waals surface area contributed by atoms with E-state index in [4.69, 9.17) is 0 Å². The Bertz CT molecular complexity index is 1270. The zero-order valence-corrected chi connectivity index (χ0v) is 17.8. The first kappa shape index (κ1) is 21.8. The molecule has 32 heavy (non-hydrogen) atoms. The second-order valence-electron chi connectivity index (χ2n) is 6.82. The molecule has 0 radical (unpaired) electrons. The number of hydrogen-bond acceptors (Lipinski definition) is 2. The van der Waals surface area contributed by atoms with Crippen LogP contribution in [0.15, 0.2) is 83.3 Å². The summed E-state index contributed by atoms with van der Waals surface area (Å²) in [5, 5.41) is 7.13. The van der Waals surface area contributed by atoms with Crippen LogP contribution in [0.1, 0.15) is 15.9 Å². The molecule has 162 valence electrons. The van der Waals surface area contributed by atoms with Gasteiger partial charge < -0.3 is 5.32 Å². The number of nitrogens with zero attached hydrogens (tertiary/aromatic N) is 2. The molecule has 3 aromatic carbocycles. The summed E-state index contributed by atoms with van der Waals surface area (Å²) in [5.41, 5.74) is 0.139. The van der Waals surface area contributed by atoms with E-state index in [2.05, 4.69) is 26.3 Å². The van der Waals surface area contributed by atoms with Gasteiger partial charge in [0.05, 0.1) is 16.9 Å². The number of carbonyl (C=O) groups excluding carboxylic acids is 1. The third kappa shape index (κ3) is 4.57. The van der Waals surface area contributed by atoms with Gasteiger partial charge in [-0.25, -0.2) is 9.07 Å². The fourth-order valence-corrected chi connectivity index (χ4v) is 3.34. The van der Waals surface area contributed by atoms with Gasteiger partial charge in [-0.15, -0.1) is 0 Å². The van der Waals surface area contributed by atoms with E-state index in [1.54, 1.807) is 30.3 Å². The number of benzene rings is 3. The molecule has 0 atom stereocenters. The number of halogens is 5. The maximum Gasteiger partial charge on any atom is 0.419 e. The van der Waals surface area contributed by atoms with Crippen LogP contribution < -0.4 is 5.32 Å². The minimum absolute atomic E-state index is 0.244. The number of alkyl halides is 3. The van der Waals surface area contributed by atoms with Crippen LogP contribution in [0.5, 0.6) is 0 Å². The maximum absolute atomic E-state index is 13.6. The molecule has 0 unspecified atom stereocenters. The van der Waals surface area contributed by atoms with Gasteiger partial charge in [0.2, 0.25) is 0 Å². The molecule has 0 saturated carbocycles. The van der Waals surface area contributed by atoms with Crippen molar-refractivity contribution in [1.29, 1.82) is 0 Å². The number of rotatable bonds is 4. The number of hydrogen-bond donors (Lipinski definition) is 1. The van der Waals surface area contributed by atoms with Gasteiger partial charge in [0, 0.05) is 21.7 Å². The second-order valence-corrected chi connectivity index (χ2v) is 7.73. The van der Waals surface area contributed by atoms with Crippen LogP contribution in [-0.2, 0) is 6.18 Å². The summed E-state index contributed by atoms with van der Waals surface area (Å²) < 4.78 is 55.0. The van der Waals surface area contributed by atoms with Crippen molar-refractivity contribution in [3.05, 3.63) is 100 Å². The lowest BCUT2D eigenvalue weighted by molar-refractivity contribution is -0.140. The predicted molar refractivity (Wildman–Crippen MR) is 116 cm³/mol. The van der Waals surface area contributed by atoms with E-state index in [1.807, 2.05) is 30.3 Å². The molecule has 1 amide bonds. The molecule has 4 rings (SSSR count). The van der Waals surface area contributed by atoms with Gasteiger partial charge in [-0.2, -0.15) is 18.3 Å². The molecule has 0 bridgehead atoms. The zero-order chi connectivity index (χ0) is 22.9. The molecule has 4 aromatic rings. The van der Waals surface area contributed by atoms with Crippen molar-refractivity contribution >= 4 is 27.7 Å². The topological polar surface area (TPSA) is 46.9 Å². The van der Waals surface area contributed by atoms with Crippen LogP contribution in [0, 0.1) is 5.82 Å². The van der Waals surface area contributed by atoms with Gasteiger partial charge in [-0.1, -0.05) is 46.3 Å². The average molecular weight is 504 g/mol. The van der Waals surface area contributed by atoms with Crippen molar-refractivity contribution in [2.75, 3.05) is 5.32 Å². The van der Waals surface area contributed by atoms with E-state index >= 15 is 0 Å². The lowest BCUT2D eigenvalue weighted by Crippen LogP contribution is -2.17. The Hall–Kier alpha value is -3.46. The summed E-state index contributed by atoms with van der Waals surface area (Å²) in [4.78, 5) is 12.7. The lowest BCUT2D eigenvalue weighted by Gasteiger charge is -2.11. The van der Waals surface area contributed by atoms with Gasteiger partial charge >= 0.3 is 6.18 Å². The molecular formula is C23H14BrF4N3O. The van der Waals surface area contributed by atoms with E-state index in [9.17, 15) is 22.4 Å². The highest BCUT2D eigenvalue weighted by atomic mass is 79.9. The highest BCUT2D eigenvalue weighted by Gasteiger charge is 2.34. The molecule has 0 saturated heterocycles. The largest absolute Gasteiger partial charge is 0.419 e. The molecule has 0 fully saturated rings. The Morgan fingerprint density at radius 3 is 2.28 bits per heavy atom. The van der Waals surface area contributed by atoms with Crippen LogP contribution >= 0.6 is 15.9 Å². The minimum atomic E-state index is -4.92. The van der Waals surface area contributed by atoms with E-state index < -0.39 is 23.5 Å². The van der Waals surface area contributed by atoms with Crippen molar-refractivity contribution in [1.82, 2.24) is 9.78 Å². The first-order chi connectivity index (χ1) is 15.2. The number of aromatic nitrogens is 2. The minimum Gasteiger partial charge on any atom is -0.306 e. The fourth-order valence-electron chi connectivity index (χ4n) is 3.07. The van der Waals surface area contributed by atoms with Gasteiger partial charge in [-0.05, 0) is 42.5 Å². The smallest absolute Gasteiger partial charge is 0.306 e. The summed E-state index contributed by atoms with van der Waals surface area (Å²) in [6, 6.07) is 20.1. The van der Waals surface area contributed by atoms with Gasteiger partial charge in [-0.3, -0.25) is 4.79 Å². The van der Waals surface area contributed by atoms with Gasteiger partial charge in [0.25, 0.3) is 5.91 Å². The van der Waals surface area contributed by atoms with Crippen LogP contribution in [0.2, 0.25) is 0 Å². The third-order valence-corrected chi connectivity index (χ3v) is 5.15. The molecule has 1 aromatic heterocycles. The number of nitrogens with one attached hydrogen (secondary N) is 1. The average Bonchev–Trinajstić information content (AvgIpc) is 3.18. The van der Waals surface area contributed by atoms with Crippen LogP contribution in [-0.4, -0.2) is 15.7 Å². The van der Waals surface area contributed by atoms with Gasteiger partial charge in [0.15, 0.2) is 0 Å². The van der Waals surface area contributed by atoms with Gasteiger partial charge in [0.1, 0.15) is 11.6 Å². The Balaban J connectivity index is 1.73. The Morgan fingerprint density at radius 2 is 1.62 bits per heavy atom. The maximum atomic E-state index is 13.6. The number of carbonyl (C=O) groups is 1.